The molecule has 1 aliphatic rings. The number of nitrogens with one attached hydrogen (secondary N) is 2. The maximum atomic E-state index is 12.2. The summed E-state index contributed by atoms with van der Waals surface area (Å²) in [7, 11) is 0. The van der Waals surface area contributed by atoms with Crippen LogP contribution in [0.2, 0.25) is 0 Å². The number of carbonyl (C=O) groups is 1. The first-order chi connectivity index (χ1) is 13.6. The van der Waals surface area contributed by atoms with Crippen molar-refractivity contribution in [1.29, 1.82) is 0 Å². The molecule has 2 aromatic rings. The second-order valence-electron chi connectivity index (χ2n) is 7.59. The van der Waals surface area contributed by atoms with Gasteiger partial charge in [0.2, 0.25) is 11.9 Å². The largest absolute Gasteiger partial charge is 0.354 e. The van der Waals surface area contributed by atoms with Crippen molar-refractivity contribution in [3.63, 3.8) is 0 Å². The third-order valence-electron chi connectivity index (χ3n) is 4.94. The van der Waals surface area contributed by atoms with Gasteiger partial charge in [-0.25, -0.2) is 9.97 Å². The first-order valence-electron chi connectivity index (χ1n) is 10.3. The van der Waals surface area contributed by atoms with Crippen LogP contribution in [0.3, 0.4) is 0 Å². The van der Waals surface area contributed by atoms with Crippen LogP contribution in [0.1, 0.15) is 49.1 Å². The first-order valence-corrected chi connectivity index (χ1v) is 10.3. The number of likely N-dealkylation sites (tertiary alicyclic amines) is 1. The molecule has 0 bridgehead atoms. The predicted molar refractivity (Wildman–Crippen MR) is 113 cm³/mol. The molecule has 0 spiro atoms. The molecule has 2 heterocycles. The van der Waals surface area contributed by atoms with Crippen LogP contribution in [0.15, 0.2) is 30.3 Å². The van der Waals surface area contributed by atoms with Gasteiger partial charge in [0.05, 0.1) is 0 Å². The molecule has 150 valence electrons. The number of nitrogens with zero attached hydrogens (tertiary/aromatic N) is 3. The van der Waals surface area contributed by atoms with Crippen LogP contribution < -0.4 is 10.6 Å². The first kappa shape index (κ1) is 20.3. The molecular weight excluding hydrogens is 350 g/mol. The Kier molecular flexibility index (Phi) is 7.37. The van der Waals surface area contributed by atoms with E-state index in [4.69, 9.17) is 0 Å². The second-order valence-corrected chi connectivity index (χ2v) is 7.59. The molecule has 1 aromatic heterocycles. The molecule has 0 radical (unpaired) electrons. The van der Waals surface area contributed by atoms with Crippen LogP contribution in [0.4, 0.5) is 11.6 Å². The van der Waals surface area contributed by atoms with E-state index in [0.29, 0.717) is 18.9 Å². The Labute approximate surface area is 167 Å². The van der Waals surface area contributed by atoms with E-state index in [1.54, 1.807) is 0 Å². The standard InChI is InChI=1S/C22H31N5O/c1-17-15-18(2)25-22(24-17)23-12-6-7-21(28)26-20-10-8-19(9-11-20)16-27-13-4-3-5-14-27/h8-11,15H,3-7,12-14,16H2,1-2H3,(H,26,28)(H,23,24,25). The molecule has 1 fully saturated rings. The van der Waals surface area contributed by atoms with Crippen LogP contribution in [0.5, 0.6) is 0 Å². The van der Waals surface area contributed by atoms with Gasteiger partial charge in [0.15, 0.2) is 0 Å². The molecular formula is C22H31N5O. The third-order valence-corrected chi connectivity index (χ3v) is 4.94. The predicted octanol–water partition coefficient (Wildman–Crippen LogP) is 3.91. The Bertz CT molecular complexity index is 749. The Morgan fingerprint density at radius 3 is 2.39 bits per heavy atom. The lowest BCUT2D eigenvalue weighted by atomic mass is 10.1. The number of anilines is 2. The summed E-state index contributed by atoms with van der Waals surface area (Å²) in [6.07, 6.45) is 5.16. The summed E-state index contributed by atoms with van der Waals surface area (Å²) in [6.45, 7) is 7.96. The highest BCUT2D eigenvalue weighted by Gasteiger charge is 2.10. The molecule has 2 N–H and O–H groups in total. The Morgan fingerprint density at radius 1 is 1.04 bits per heavy atom. The molecule has 6 nitrogen and oxygen atoms in total. The summed E-state index contributed by atoms with van der Waals surface area (Å²) in [4.78, 5) is 23.3. The maximum Gasteiger partial charge on any atom is 0.224 e. The van der Waals surface area contributed by atoms with Crippen LogP contribution in [-0.4, -0.2) is 40.4 Å². The Hall–Kier alpha value is -2.47. The molecule has 0 saturated carbocycles. The van der Waals surface area contributed by atoms with E-state index in [2.05, 4.69) is 37.6 Å². The van der Waals surface area contributed by atoms with E-state index in [0.717, 1.165) is 30.0 Å². The van der Waals surface area contributed by atoms with Crippen LogP contribution in [0.25, 0.3) is 0 Å². The number of hydrogen-bond acceptors (Lipinski definition) is 5. The van der Waals surface area contributed by atoms with E-state index >= 15 is 0 Å². The number of carbonyl (C=O) groups excluding carboxylic acids is 1. The van der Waals surface area contributed by atoms with E-state index in [9.17, 15) is 4.79 Å². The highest BCUT2D eigenvalue weighted by molar-refractivity contribution is 5.90. The van der Waals surface area contributed by atoms with Crippen LogP contribution in [-0.2, 0) is 11.3 Å². The Balaban J connectivity index is 1.37. The van der Waals surface area contributed by atoms with Gasteiger partial charge in [-0.15, -0.1) is 0 Å². The van der Waals surface area contributed by atoms with Gasteiger partial charge >= 0.3 is 0 Å². The minimum atomic E-state index is 0.0342. The van der Waals surface area contributed by atoms with Crippen LogP contribution in [0, 0.1) is 13.8 Å². The monoisotopic (exact) mass is 381 g/mol. The number of benzene rings is 1. The molecule has 0 unspecified atom stereocenters. The zero-order valence-electron chi connectivity index (χ0n) is 17.0. The Morgan fingerprint density at radius 2 is 1.71 bits per heavy atom. The fourth-order valence-electron chi connectivity index (χ4n) is 3.55. The SMILES string of the molecule is Cc1cc(C)nc(NCCCC(=O)Nc2ccc(CN3CCCCC3)cc2)n1. The van der Waals surface area contributed by atoms with Crippen molar-refractivity contribution in [3.8, 4) is 0 Å². The second kappa shape index (κ2) is 10.2. The van der Waals surface area contributed by atoms with Crippen molar-refractivity contribution in [2.24, 2.45) is 0 Å². The van der Waals surface area contributed by atoms with Gasteiger partial charge in [-0.3, -0.25) is 9.69 Å². The van der Waals surface area contributed by atoms with Crippen molar-refractivity contribution < 1.29 is 4.79 Å². The van der Waals surface area contributed by atoms with Gasteiger partial charge in [-0.2, -0.15) is 0 Å². The van der Waals surface area contributed by atoms with Crippen molar-refractivity contribution >= 4 is 17.5 Å². The van der Waals surface area contributed by atoms with E-state index in [1.165, 1.54) is 37.9 Å². The fourth-order valence-corrected chi connectivity index (χ4v) is 3.55. The van der Waals surface area contributed by atoms with Gasteiger partial charge < -0.3 is 10.6 Å². The number of amides is 1. The topological polar surface area (TPSA) is 70.2 Å². The number of aromatic nitrogens is 2. The normalized spacial score (nSPS) is 14.6. The molecule has 0 aliphatic carbocycles. The van der Waals surface area contributed by atoms with Gasteiger partial charge in [0, 0.05) is 36.6 Å². The zero-order valence-corrected chi connectivity index (χ0v) is 17.0. The summed E-state index contributed by atoms with van der Waals surface area (Å²) >= 11 is 0. The van der Waals surface area contributed by atoms with Gasteiger partial charge in [-0.05, 0) is 70.0 Å². The summed E-state index contributed by atoms with van der Waals surface area (Å²) < 4.78 is 0. The maximum absolute atomic E-state index is 12.2. The van der Waals surface area contributed by atoms with Crippen molar-refractivity contribution in [3.05, 3.63) is 47.3 Å². The highest BCUT2D eigenvalue weighted by atomic mass is 16.1. The number of aryl methyl sites for hydroxylation is 2. The van der Waals surface area contributed by atoms with E-state index < -0.39 is 0 Å². The molecule has 1 aromatic carbocycles. The third kappa shape index (κ3) is 6.60. The summed E-state index contributed by atoms with van der Waals surface area (Å²) in [6, 6.07) is 10.2. The molecule has 0 atom stereocenters. The molecule has 1 saturated heterocycles. The number of rotatable bonds is 8. The van der Waals surface area contributed by atoms with Gasteiger partial charge in [0.1, 0.15) is 0 Å². The lowest BCUT2D eigenvalue weighted by molar-refractivity contribution is -0.116. The smallest absolute Gasteiger partial charge is 0.224 e. The van der Waals surface area contributed by atoms with Crippen molar-refractivity contribution in [2.75, 3.05) is 30.3 Å². The average molecular weight is 382 g/mol. The quantitative estimate of drug-likeness (QED) is 0.679. The van der Waals surface area contributed by atoms with Crippen molar-refractivity contribution in [1.82, 2.24) is 14.9 Å². The number of piperidine rings is 1. The number of hydrogen-bond donors (Lipinski definition) is 2. The van der Waals surface area contributed by atoms with E-state index in [1.807, 2.05) is 32.0 Å². The lowest BCUT2D eigenvalue weighted by Crippen LogP contribution is -2.29. The zero-order chi connectivity index (χ0) is 19.8. The fraction of sp³-hybridized carbons (Fsp3) is 0.500. The molecule has 6 heteroatoms. The van der Waals surface area contributed by atoms with Gasteiger partial charge in [-0.1, -0.05) is 18.6 Å². The minimum absolute atomic E-state index is 0.0342. The lowest BCUT2D eigenvalue weighted by Gasteiger charge is -2.26. The van der Waals surface area contributed by atoms with Crippen molar-refractivity contribution in [2.45, 2.75) is 52.5 Å². The van der Waals surface area contributed by atoms with Crippen LogP contribution >= 0.6 is 0 Å². The summed E-state index contributed by atoms with van der Waals surface area (Å²) in [5.41, 5.74) is 4.04. The minimum Gasteiger partial charge on any atom is -0.354 e. The summed E-state index contributed by atoms with van der Waals surface area (Å²) in [5, 5.41) is 6.16. The average Bonchev–Trinajstić information content (AvgIpc) is 2.67. The molecule has 28 heavy (non-hydrogen) atoms. The molecule has 1 amide bonds. The summed E-state index contributed by atoms with van der Waals surface area (Å²) in [5.74, 6) is 0.661. The van der Waals surface area contributed by atoms with E-state index in [-0.39, 0.29) is 5.91 Å². The highest BCUT2D eigenvalue weighted by Crippen LogP contribution is 2.15. The van der Waals surface area contributed by atoms with Gasteiger partial charge in [0.25, 0.3) is 0 Å². The molecule has 1 aliphatic heterocycles. The molecule has 3 rings (SSSR count).